The summed E-state index contributed by atoms with van der Waals surface area (Å²) in [5.74, 6) is 0.286. The van der Waals surface area contributed by atoms with Gasteiger partial charge in [-0.25, -0.2) is 0 Å². The van der Waals surface area contributed by atoms with Crippen LogP contribution >= 0.6 is 0 Å². The van der Waals surface area contributed by atoms with Gasteiger partial charge in [0.05, 0.1) is 0 Å². The molecule has 0 heterocycles. The lowest BCUT2D eigenvalue weighted by Gasteiger charge is -2.15. The van der Waals surface area contributed by atoms with E-state index in [-0.39, 0.29) is 5.78 Å². The van der Waals surface area contributed by atoms with Crippen LogP contribution in [0.25, 0.3) is 5.57 Å². The molecule has 0 aromatic heterocycles. The fraction of sp³-hybridized carbons (Fsp3) is 0.353. The second-order valence-electron chi connectivity index (χ2n) is 5.21. The SMILES string of the molecule is O=C1CC(=C2CCCCC2)C=C1c1ccccc1. The Morgan fingerprint density at radius 3 is 2.33 bits per heavy atom. The topological polar surface area (TPSA) is 17.1 Å². The third-order valence-electron chi connectivity index (χ3n) is 3.97. The molecule has 0 atom stereocenters. The Morgan fingerprint density at radius 1 is 0.889 bits per heavy atom. The van der Waals surface area contributed by atoms with Crippen LogP contribution in [0.1, 0.15) is 44.1 Å². The largest absolute Gasteiger partial charge is 0.294 e. The molecule has 0 saturated heterocycles. The van der Waals surface area contributed by atoms with E-state index in [1.807, 2.05) is 30.3 Å². The highest BCUT2D eigenvalue weighted by molar-refractivity contribution is 6.25. The molecule has 1 heteroatoms. The summed E-state index contributed by atoms with van der Waals surface area (Å²) in [6, 6.07) is 10.0. The van der Waals surface area contributed by atoms with E-state index in [2.05, 4.69) is 6.08 Å². The lowest BCUT2D eigenvalue weighted by Crippen LogP contribution is -1.98. The average molecular weight is 238 g/mol. The summed E-state index contributed by atoms with van der Waals surface area (Å²) in [5.41, 5.74) is 4.80. The number of allylic oxidation sites excluding steroid dienone is 4. The second-order valence-corrected chi connectivity index (χ2v) is 5.21. The maximum atomic E-state index is 12.1. The summed E-state index contributed by atoms with van der Waals surface area (Å²) in [6.07, 6.45) is 9.09. The van der Waals surface area contributed by atoms with E-state index >= 15 is 0 Å². The predicted molar refractivity (Wildman–Crippen MR) is 74.2 cm³/mol. The number of benzene rings is 1. The second kappa shape index (κ2) is 4.93. The van der Waals surface area contributed by atoms with Crippen LogP contribution in [-0.4, -0.2) is 5.78 Å². The molecule has 1 aromatic rings. The molecule has 2 aliphatic rings. The number of carbonyl (C=O) groups is 1. The van der Waals surface area contributed by atoms with Crippen LogP contribution in [0.2, 0.25) is 0 Å². The Kier molecular flexibility index (Phi) is 3.14. The number of carbonyl (C=O) groups excluding carboxylic acids is 1. The van der Waals surface area contributed by atoms with Crippen LogP contribution in [0.15, 0.2) is 47.6 Å². The quantitative estimate of drug-likeness (QED) is 0.712. The maximum absolute atomic E-state index is 12.1. The minimum absolute atomic E-state index is 0.286. The van der Waals surface area contributed by atoms with Gasteiger partial charge >= 0.3 is 0 Å². The zero-order valence-electron chi connectivity index (χ0n) is 10.6. The average Bonchev–Trinajstić information content (AvgIpc) is 2.83. The molecule has 1 nitrogen and oxygen atoms in total. The molecule has 1 aromatic carbocycles. The minimum Gasteiger partial charge on any atom is -0.294 e. The van der Waals surface area contributed by atoms with Crippen molar-refractivity contribution < 1.29 is 4.79 Å². The van der Waals surface area contributed by atoms with Gasteiger partial charge in [0.15, 0.2) is 5.78 Å². The van der Waals surface area contributed by atoms with E-state index in [4.69, 9.17) is 0 Å². The van der Waals surface area contributed by atoms with Crippen molar-refractivity contribution in [3.05, 3.63) is 53.1 Å². The molecule has 0 N–H and O–H groups in total. The molecule has 0 aliphatic heterocycles. The van der Waals surface area contributed by atoms with Gasteiger partial charge in [0, 0.05) is 12.0 Å². The monoisotopic (exact) mass is 238 g/mol. The Balaban J connectivity index is 1.94. The van der Waals surface area contributed by atoms with Crippen molar-refractivity contribution in [3.63, 3.8) is 0 Å². The molecule has 0 unspecified atom stereocenters. The molecule has 3 rings (SSSR count). The van der Waals surface area contributed by atoms with Gasteiger partial charge in [-0.3, -0.25) is 4.79 Å². The maximum Gasteiger partial charge on any atom is 0.167 e. The summed E-state index contributed by atoms with van der Waals surface area (Å²) >= 11 is 0. The van der Waals surface area contributed by atoms with Crippen LogP contribution in [-0.2, 0) is 4.79 Å². The van der Waals surface area contributed by atoms with Crippen molar-refractivity contribution in [2.45, 2.75) is 38.5 Å². The lowest BCUT2D eigenvalue weighted by molar-refractivity contribution is -0.112. The van der Waals surface area contributed by atoms with Crippen LogP contribution in [0, 0.1) is 0 Å². The van der Waals surface area contributed by atoms with E-state index in [9.17, 15) is 4.79 Å². The van der Waals surface area contributed by atoms with E-state index < -0.39 is 0 Å². The van der Waals surface area contributed by atoms with Gasteiger partial charge in [0.1, 0.15) is 0 Å². The normalized spacial score (nSPS) is 20.2. The summed E-state index contributed by atoms with van der Waals surface area (Å²) in [7, 11) is 0. The molecule has 92 valence electrons. The highest BCUT2D eigenvalue weighted by atomic mass is 16.1. The highest BCUT2D eigenvalue weighted by Crippen LogP contribution is 2.34. The van der Waals surface area contributed by atoms with Gasteiger partial charge in [-0.2, -0.15) is 0 Å². The van der Waals surface area contributed by atoms with Gasteiger partial charge in [-0.05, 0) is 42.9 Å². The third-order valence-corrected chi connectivity index (χ3v) is 3.97. The number of Topliss-reactive ketones (excluding diaryl/α,β-unsaturated/α-hetero) is 1. The standard InChI is InChI=1S/C17H18O/c18-17-12-15(13-7-3-1-4-8-13)11-16(17)14-9-5-2-6-10-14/h2,5-6,9-11H,1,3-4,7-8,12H2. The van der Waals surface area contributed by atoms with Crippen LogP contribution in [0.5, 0.6) is 0 Å². The van der Waals surface area contributed by atoms with Crippen molar-refractivity contribution in [1.29, 1.82) is 0 Å². The predicted octanol–water partition coefficient (Wildman–Crippen LogP) is 4.30. The zero-order chi connectivity index (χ0) is 12.4. The molecule has 1 fully saturated rings. The number of hydrogen-bond donors (Lipinski definition) is 0. The summed E-state index contributed by atoms with van der Waals surface area (Å²) in [4.78, 5) is 12.1. The van der Waals surface area contributed by atoms with Crippen molar-refractivity contribution in [2.75, 3.05) is 0 Å². The summed E-state index contributed by atoms with van der Waals surface area (Å²) in [6.45, 7) is 0. The van der Waals surface area contributed by atoms with Gasteiger partial charge < -0.3 is 0 Å². The molecule has 0 bridgehead atoms. The first-order chi connectivity index (χ1) is 8.84. The van der Waals surface area contributed by atoms with Gasteiger partial charge in [0.2, 0.25) is 0 Å². The first-order valence-corrected chi connectivity index (χ1v) is 6.86. The first kappa shape index (κ1) is 11.5. The summed E-state index contributed by atoms with van der Waals surface area (Å²) < 4.78 is 0. The Labute approximate surface area is 108 Å². The fourth-order valence-electron chi connectivity index (χ4n) is 2.96. The van der Waals surface area contributed by atoms with E-state index in [0.717, 1.165) is 11.1 Å². The highest BCUT2D eigenvalue weighted by Gasteiger charge is 2.23. The van der Waals surface area contributed by atoms with E-state index in [1.165, 1.54) is 43.3 Å². The molecule has 0 spiro atoms. The van der Waals surface area contributed by atoms with Crippen LogP contribution in [0.4, 0.5) is 0 Å². The molecule has 0 amide bonds. The zero-order valence-corrected chi connectivity index (χ0v) is 10.6. The third kappa shape index (κ3) is 2.17. The smallest absolute Gasteiger partial charge is 0.167 e. The molecular formula is C17H18O. The van der Waals surface area contributed by atoms with E-state index in [1.54, 1.807) is 0 Å². The lowest BCUT2D eigenvalue weighted by atomic mass is 9.91. The van der Waals surface area contributed by atoms with Gasteiger partial charge in [-0.15, -0.1) is 0 Å². The first-order valence-electron chi connectivity index (χ1n) is 6.86. The fourth-order valence-corrected chi connectivity index (χ4v) is 2.96. The Morgan fingerprint density at radius 2 is 1.61 bits per heavy atom. The molecular weight excluding hydrogens is 220 g/mol. The summed E-state index contributed by atoms with van der Waals surface area (Å²) in [5, 5.41) is 0. The number of rotatable bonds is 1. The van der Waals surface area contributed by atoms with Crippen molar-refractivity contribution in [3.8, 4) is 0 Å². The van der Waals surface area contributed by atoms with Gasteiger partial charge in [-0.1, -0.05) is 42.3 Å². The van der Waals surface area contributed by atoms with Crippen LogP contribution < -0.4 is 0 Å². The minimum atomic E-state index is 0.286. The van der Waals surface area contributed by atoms with Crippen molar-refractivity contribution in [2.24, 2.45) is 0 Å². The Bertz CT molecular complexity index is 512. The molecule has 0 radical (unpaired) electrons. The van der Waals surface area contributed by atoms with Gasteiger partial charge in [0.25, 0.3) is 0 Å². The Hall–Kier alpha value is -1.63. The number of hydrogen-bond acceptors (Lipinski definition) is 1. The molecule has 18 heavy (non-hydrogen) atoms. The van der Waals surface area contributed by atoms with Crippen molar-refractivity contribution in [1.82, 2.24) is 0 Å². The molecule has 2 aliphatic carbocycles. The van der Waals surface area contributed by atoms with Crippen molar-refractivity contribution >= 4 is 11.4 Å². The number of ketones is 1. The molecule has 1 saturated carbocycles. The van der Waals surface area contributed by atoms with E-state index in [0.29, 0.717) is 6.42 Å². The van der Waals surface area contributed by atoms with Crippen LogP contribution in [0.3, 0.4) is 0 Å².